The van der Waals surface area contributed by atoms with E-state index in [4.69, 9.17) is 11.6 Å². The Morgan fingerprint density at radius 1 is 1.45 bits per heavy atom. The predicted molar refractivity (Wildman–Crippen MR) is 84.5 cm³/mol. The zero-order valence-corrected chi connectivity index (χ0v) is 13.3. The van der Waals surface area contributed by atoms with E-state index in [1.165, 1.54) is 0 Å². The van der Waals surface area contributed by atoms with E-state index < -0.39 is 0 Å². The van der Waals surface area contributed by atoms with Gasteiger partial charge in [0.1, 0.15) is 5.69 Å². The van der Waals surface area contributed by atoms with Crippen LogP contribution in [0, 0.1) is 6.92 Å². The van der Waals surface area contributed by atoms with Gasteiger partial charge in [0.25, 0.3) is 5.91 Å². The number of rotatable bonds is 3. The summed E-state index contributed by atoms with van der Waals surface area (Å²) in [6.07, 6.45) is 4.06. The van der Waals surface area contributed by atoms with Gasteiger partial charge in [0.15, 0.2) is 0 Å². The maximum atomic E-state index is 12.4. The Labute approximate surface area is 131 Å². The third-order valence-corrected chi connectivity index (χ3v) is 4.57. The third kappa shape index (κ3) is 2.63. The van der Waals surface area contributed by atoms with Crippen LogP contribution in [-0.2, 0) is 0 Å². The zero-order chi connectivity index (χ0) is 14.3. The number of halogens is 2. The van der Waals surface area contributed by atoms with Gasteiger partial charge in [-0.25, -0.2) is 0 Å². The fraction of sp³-hybridized carbons (Fsp3) is 0.267. The molecule has 5 heteroatoms. The maximum Gasteiger partial charge on any atom is 0.272 e. The van der Waals surface area contributed by atoms with E-state index in [0.717, 1.165) is 28.6 Å². The van der Waals surface area contributed by atoms with Gasteiger partial charge in [0.2, 0.25) is 0 Å². The summed E-state index contributed by atoms with van der Waals surface area (Å²) in [5, 5.41) is 3.56. The van der Waals surface area contributed by atoms with Gasteiger partial charge in [0, 0.05) is 22.4 Å². The zero-order valence-electron chi connectivity index (χ0n) is 11.0. The summed E-state index contributed by atoms with van der Waals surface area (Å²) in [6.45, 7) is 1.96. The molecule has 1 saturated carbocycles. The monoisotopic (exact) mass is 352 g/mol. The standard InChI is InChI=1S/C15H14BrClN2O/c1-9-12(16)3-2-4-13(9)18-15(20)14-7-10(17)8-19(14)11-5-6-11/h2-4,7-8,11H,5-6H2,1H3,(H,18,20). The first-order valence-electron chi connectivity index (χ1n) is 6.50. The molecule has 2 aromatic rings. The Bertz CT molecular complexity index is 677. The van der Waals surface area contributed by atoms with Crippen LogP contribution in [0.2, 0.25) is 5.02 Å². The van der Waals surface area contributed by atoms with Crippen molar-refractivity contribution in [2.24, 2.45) is 0 Å². The van der Waals surface area contributed by atoms with Crippen LogP contribution in [0.1, 0.15) is 34.9 Å². The second kappa shape index (κ2) is 5.26. The summed E-state index contributed by atoms with van der Waals surface area (Å²) in [5.74, 6) is -0.120. The molecule has 0 spiro atoms. The number of aromatic nitrogens is 1. The van der Waals surface area contributed by atoms with E-state index in [-0.39, 0.29) is 5.91 Å². The molecule has 1 amide bonds. The number of carbonyl (C=O) groups is 1. The largest absolute Gasteiger partial charge is 0.339 e. The second-order valence-corrected chi connectivity index (χ2v) is 6.34. The number of nitrogens with one attached hydrogen (secondary N) is 1. The molecule has 1 heterocycles. The number of amides is 1. The maximum absolute atomic E-state index is 12.4. The molecule has 1 aromatic carbocycles. The summed E-state index contributed by atoms with van der Waals surface area (Å²) in [7, 11) is 0. The molecule has 0 unspecified atom stereocenters. The molecule has 0 saturated heterocycles. The highest BCUT2D eigenvalue weighted by molar-refractivity contribution is 9.10. The van der Waals surface area contributed by atoms with Gasteiger partial charge in [-0.2, -0.15) is 0 Å². The number of carbonyl (C=O) groups excluding carboxylic acids is 1. The quantitative estimate of drug-likeness (QED) is 0.845. The van der Waals surface area contributed by atoms with Crippen molar-refractivity contribution in [3.8, 4) is 0 Å². The minimum Gasteiger partial charge on any atom is -0.339 e. The number of anilines is 1. The number of hydrogen-bond donors (Lipinski definition) is 1. The number of nitrogens with zero attached hydrogens (tertiary/aromatic N) is 1. The lowest BCUT2D eigenvalue weighted by Gasteiger charge is -2.11. The summed E-state index contributed by atoms with van der Waals surface area (Å²) in [6, 6.07) is 7.90. The Kier molecular flexibility index (Phi) is 3.61. The van der Waals surface area contributed by atoms with E-state index in [9.17, 15) is 4.79 Å². The third-order valence-electron chi connectivity index (χ3n) is 3.50. The lowest BCUT2D eigenvalue weighted by atomic mass is 10.2. The van der Waals surface area contributed by atoms with Crippen LogP contribution in [0.3, 0.4) is 0 Å². The van der Waals surface area contributed by atoms with Crippen LogP contribution in [0.25, 0.3) is 0 Å². The van der Waals surface area contributed by atoms with E-state index in [1.807, 2.05) is 35.9 Å². The average molecular weight is 354 g/mol. The van der Waals surface area contributed by atoms with Gasteiger partial charge >= 0.3 is 0 Å². The highest BCUT2D eigenvalue weighted by Gasteiger charge is 2.28. The van der Waals surface area contributed by atoms with Gasteiger partial charge in [-0.05, 0) is 43.5 Å². The van der Waals surface area contributed by atoms with Crippen molar-refractivity contribution in [1.82, 2.24) is 4.57 Å². The first-order chi connectivity index (χ1) is 9.56. The molecule has 0 bridgehead atoms. The average Bonchev–Trinajstić information content (AvgIpc) is 3.18. The fourth-order valence-corrected chi connectivity index (χ4v) is 2.79. The summed E-state index contributed by atoms with van der Waals surface area (Å²) in [5.41, 5.74) is 2.44. The topological polar surface area (TPSA) is 34.0 Å². The van der Waals surface area contributed by atoms with Gasteiger partial charge in [-0.3, -0.25) is 4.79 Å². The van der Waals surface area contributed by atoms with Gasteiger partial charge in [-0.1, -0.05) is 33.6 Å². The molecule has 0 radical (unpaired) electrons. The van der Waals surface area contributed by atoms with E-state index >= 15 is 0 Å². The molecule has 1 aliphatic rings. The molecule has 3 rings (SSSR count). The van der Waals surface area contributed by atoms with Crippen LogP contribution < -0.4 is 5.32 Å². The van der Waals surface area contributed by atoms with Crippen molar-refractivity contribution in [2.75, 3.05) is 5.32 Å². The number of hydrogen-bond acceptors (Lipinski definition) is 1. The summed E-state index contributed by atoms with van der Waals surface area (Å²) >= 11 is 9.50. The first kappa shape index (κ1) is 13.7. The van der Waals surface area contributed by atoms with Crippen LogP contribution in [0.15, 0.2) is 34.9 Å². The van der Waals surface area contributed by atoms with Gasteiger partial charge in [0.05, 0.1) is 5.02 Å². The predicted octanol–water partition coefficient (Wildman–Crippen LogP) is 4.80. The SMILES string of the molecule is Cc1c(Br)cccc1NC(=O)c1cc(Cl)cn1C1CC1. The second-order valence-electron chi connectivity index (χ2n) is 5.05. The van der Waals surface area contributed by atoms with Crippen molar-refractivity contribution >= 4 is 39.1 Å². The first-order valence-corrected chi connectivity index (χ1v) is 7.67. The lowest BCUT2D eigenvalue weighted by Crippen LogP contribution is -2.17. The fourth-order valence-electron chi connectivity index (χ4n) is 2.21. The Morgan fingerprint density at radius 2 is 2.20 bits per heavy atom. The molecule has 1 aromatic heterocycles. The molecule has 1 fully saturated rings. The van der Waals surface area contributed by atoms with E-state index in [2.05, 4.69) is 21.2 Å². The van der Waals surface area contributed by atoms with Crippen LogP contribution in [0.5, 0.6) is 0 Å². The molecule has 104 valence electrons. The van der Waals surface area contributed by atoms with Crippen molar-refractivity contribution in [3.63, 3.8) is 0 Å². The molecular weight excluding hydrogens is 340 g/mol. The lowest BCUT2D eigenvalue weighted by molar-refractivity contribution is 0.101. The highest BCUT2D eigenvalue weighted by atomic mass is 79.9. The molecule has 3 nitrogen and oxygen atoms in total. The van der Waals surface area contributed by atoms with Gasteiger partial charge in [-0.15, -0.1) is 0 Å². The van der Waals surface area contributed by atoms with E-state index in [0.29, 0.717) is 16.8 Å². The molecule has 1 aliphatic carbocycles. The minimum atomic E-state index is -0.120. The molecule has 0 atom stereocenters. The van der Waals surface area contributed by atoms with Crippen molar-refractivity contribution < 1.29 is 4.79 Å². The Morgan fingerprint density at radius 3 is 2.90 bits per heavy atom. The minimum absolute atomic E-state index is 0.120. The van der Waals surface area contributed by atoms with Crippen LogP contribution in [-0.4, -0.2) is 10.5 Å². The Hall–Kier alpha value is -1.26. The molecular formula is C15H14BrClN2O. The molecule has 0 aliphatic heterocycles. The summed E-state index contributed by atoms with van der Waals surface area (Å²) < 4.78 is 2.95. The number of benzene rings is 1. The molecule has 1 N–H and O–H groups in total. The summed E-state index contributed by atoms with van der Waals surface area (Å²) in [4.78, 5) is 12.4. The smallest absolute Gasteiger partial charge is 0.272 e. The van der Waals surface area contributed by atoms with Gasteiger partial charge < -0.3 is 9.88 Å². The van der Waals surface area contributed by atoms with Crippen molar-refractivity contribution in [3.05, 3.63) is 51.2 Å². The van der Waals surface area contributed by atoms with Crippen LogP contribution >= 0.6 is 27.5 Å². The van der Waals surface area contributed by atoms with Crippen molar-refractivity contribution in [1.29, 1.82) is 0 Å². The van der Waals surface area contributed by atoms with Crippen molar-refractivity contribution in [2.45, 2.75) is 25.8 Å². The normalized spacial score (nSPS) is 14.3. The Balaban J connectivity index is 1.88. The molecule has 20 heavy (non-hydrogen) atoms. The van der Waals surface area contributed by atoms with E-state index in [1.54, 1.807) is 6.07 Å². The van der Waals surface area contributed by atoms with Crippen LogP contribution in [0.4, 0.5) is 5.69 Å². The highest BCUT2D eigenvalue weighted by Crippen LogP contribution is 2.37.